The molecular formula is C27H43N5O3. The van der Waals surface area contributed by atoms with Gasteiger partial charge in [-0.05, 0) is 63.6 Å². The van der Waals surface area contributed by atoms with Crippen LogP contribution in [0.5, 0.6) is 0 Å². The standard InChI is InChI=1S/C27H43N5O3/c1-5-22(3)32(18-25(33)28-24-11-9-10-21(2)23(24)4)27(35)20-30-16-14-29(15-17-30)19-26(34)31-12-7-6-8-13-31/h9-11,22H,5-8,12-20H2,1-4H3,(H,28,33)/t22-/m1/s1. The molecule has 2 saturated heterocycles. The molecule has 2 heterocycles. The number of nitrogens with one attached hydrogen (secondary N) is 1. The highest BCUT2D eigenvalue weighted by Gasteiger charge is 2.27. The summed E-state index contributed by atoms with van der Waals surface area (Å²) in [5.74, 6) is 0.0359. The highest BCUT2D eigenvalue weighted by Crippen LogP contribution is 2.18. The van der Waals surface area contributed by atoms with Gasteiger partial charge in [-0.3, -0.25) is 24.2 Å². The topological polar surface area (TPSA) is 76.2 Å². The fourth-order valence-corrected chi connectivity index (χ4v) is 4.76. The molecule has 35 heavy (non-hydrogen) atoms. The molecule has 0 aliphatic carbocycles. The second kappa shape index (κ2) is 13.0. The van der Waals surface area contributed by atoms with Gasteiger partial charge in [-0.25, -0.2) is 0 Å². The summed E-state index contributed by atoms with van der Waals surface area (Å²) in [7, 11) is 0. The number of hydrogen-bond acceptors (Lipinski definition) is 5. The van der Waals surface area contributed by atoms with Gasteiger partial charge in [-0.15, -0.1) is 0 Å². The molecule has 194 valence electrons. The van der Waals surface area contributed by atoms with Crippen LogP contribution in [0.2, 0.25) is 0 Å². The molecule has 8 nitrogen and oxygen atoms in total. The molecule has 2 aliphatic rings. The van der Waals surface area contributed by atoms with E-state index < -0.39 is 0 Å². The zero-order valence-corrected chi connectivity index (χ0v) is 22.0. The van der Waals surface area contributed by atoms with Crippen LogP contribution in [0.15, 0.2) is 18.2 Å². The van der Waals surface area contributed by atoms with Crippen molar-refractivity contribution in [3.05, 3.63) is 29.3 Å². The van der Waals surface area contributed by atoms with Gasteiger partial charge in [0.1, 0.15) is 6.54 Å². The molecule has 8 heteroatoms. The van der Waals surface area contributed by atoms with Crippen LogP contribution in [0.4, 0.5) is 5.69 Å². The first-order valence-corrected chi connectivity index (χ1v) is 13.2. The van der Waals surface area contributed by atoms with Crippen LogP contribution in [0, 0.1) is 13.8 Å². The smallest absolute Gasteiger partial charge is 0.244 e. The minimum Gasteiger partial charge on any atom is -0.342 e. The second-order valence-corrected chi connectivity index (χ2v) is 10.1. The van der Waals surface area contributed by atoms with Crippen molar-refractivity contribution in [2.45, 2.75) is 59.4 Å². The van der Waals surface area contributed by atoms with E-state index >= 15 is 0 Å². The Bertz CT molecular complexity index is 876. The number of piperazine rings is 1. The van der Waals surface area contributed by atoms with E-state index in [1.54, 1.807) is 4.90 Å². The molecule has 0 saturated carbocycles. The maximum absolute atomic E-state index is 13.2. The lowest BCUT2D eigenvalue weighted by Crippen LogP contribution is -2.54. The minimum atomic E-state index is -0.173. The largest absolute Gasteiger partial charge is 0.342 e. The summed E-state index contributed by atoms with van der Waals surface area (Å²) in [5, 5.41) is 2.98. The number of likely N-dealkylation sites (tertiary alicyclic amines) is 1. The lowest BCUT2D eigenvalue weighted by Gasteiger charge is -2.37. The number of carbonyl (C=O) groups excluding carboxylic acids is 3. The number of rotatable bonds is 9. The van der Waals surface area contributed by atoms with Crippen LogP contribution in [0.25, 0.3) is 0 Å². The molecule has 0 radical (unpaired) electrons. The molecule has 3 rings (SSSR count). The van der Waals surface area contributed by atoms with Crippen molar-refractivity contribution < 1.29 is 14.4 Å². The summed E-state index contributed by atoms with van der Waals surface area (Å²) in [6.45, 7) is 13.7. The van der Waals surface area contributed by atoms with E-state index in [9.17, 15) is 14.4 Å². The van der Waals surface area contributed by atoms with Crippen LogP contribution in [0.3, 0.4) is 0 Å². The van der Waals surface area contributed by atoms with Gasteiger partial charge in [0.15, 0.2) is 0 Å². The van der Waals surface area contributed by atoms with Crippen molar-refractivity contribution >= 4 is 23.4 Å². The number of piperidine rings is 1. The van der Waals surface area contributed by atoms with Crippen LogP contribution < -0.4 is 5.32 Å². The Hall–Kier alpha value is -2.45. The Kier molecular flexibility index (Phi) is 10.1. The van der Waals surface area contributed by atoms with E-state index in [-0.39, 0.29) is 30.3 Å². The minimum absolute atomic E-state index is 0.0182. The third-order valence-electron chi connectivity index (χ3n) is 7.53. The molecule has 2 fully saturated rings. The summed E-state index contributed by atoms with van der Waals surface area (Å²) in [6, 6.07) is 5.82. The summed E-state index contributed by atoms with van der Waals surface area (Å²) in [6.07, 6.45) is 4.22. The monoisotopic (exact) mass is 485 g/mol. The van der Waals surface area contributed by atoms with E-state index in [1.165, 1.54) is 6.42 Å². The zero-order valence-electron chi connectivity index (χ0n) is 22.0. The average molecular weight is 486 g/mol. The molecule has 0 unspecified atom stereocenters. The van der Waals surface area contributed by atoms with Gasteiger partial charge in [0, 0.05) is 51.0 Å². The fraction of sp³-hybridized carbons (Fsp3) is 0.667. The molecule has 0 bridgehead atoms. The second-order valence-electron chi connectivity index (χ2n) is 10.1. The summed E-state index contributed by atoms with van der Waals surface area (Å²) in [5.41, 5.74) is 2.95. The van der Waals surface area contributed by atoms with E-state index in [4.69, 9.17) is 0 Å². The summed E-state index contributed by atoms with van der Waals surface area (Å²) in [4.78, 5) is 46.6. The van der Waals surface area contributed by atoms with Crippen LogP contribution in [-0.2, 0) is 14.4 Å². The normalized spacial score (nSPS) is 18.2. The van der Waals surface area contributed by atoms with Gasteiger partial charge in [0.25, 0.3) is 0 Å². The Balaban J connectivity index is 1.49. The summed E-state index contributed by atoms with van der Waals surface area (Å²) < 4.78 is 0. The maximum Gasteiger partial charge on any atom is 0.244 e. The predicted octanol–water partition coefficient (Wildman–Crippen LogP) is 2.50. The van der Waals surface area contributed by atoms with E-state index in [1.807, 2.05) is 50.8 Å². The Morgan fingerprint density at radius 2 is 1.57 bits per heavy atom. The fourth-order valence-electron chi connectivity index (χ4n) is 4.76. The molecule has 2 aliphatic heterocycles. The van der Waals surface area contributed by atoms with Crippen LogP contribution in [0.1, 0.15) is 50.7 Å². The number of amides is 3. The van der Waals surface area contributed by atoms with Crippen molar-refractivity contribution in [3.8, 4) is 0 Å². The third-order valence-corrected chi connectivity index (χ3v) is 7.53. The van der Waals surface area contributed by atoms with Crippen molar-refractivity contribution in [1.82, 2.24) is 19.6 Å². The highest BCUT2D eigenvalue weighted by molar-refractivity contribution is 5.95. The van der Waals surface area contributed by atoms with Gasteiger partial charge in [-0.2, -0.15) is 0 Å². The first-order chi connectivity index (χ1) is 16.8. The first-order valence-electron chi connectivity index (χ1n) is 13.2. The van der Waals surface area contributed by atoms with Gasteiger partial charge in [0.05, 0.1) is 13.1 Å². The number of hydrogen-bond donors (Lipinski definition) is 1. The lowest BCUT2D eigenvalue weighted by atomic mass is 10.1. The Morgan fingerprint density at radius 1 is 0.943 bits per heavy atom. The van der Waals surface area contributed by atoms with Gasteiger partial charge >= 0.3 is 0 Å². The number of anilines is 1. The molecule has 1 N–H and O–H groups in total. The number of carbonyl (C=O) groups is 3. The van der Waals surface area contributed by atoms with Crippen molar-refractivity contribution in [2.24, 2.45) is 0 Å². The summed E-state index contributed by atoms with van der Waals surface area (Å²) >= 11 is 0. The molecule has 1 atom stereocenters. The van der Waals surface area contributed by atoms with Crippen molar-refractivity contribution in [3.63, 3.8) is 0 Å². The van der Waals surface area contributed by atoms with Crippen LogP contribution >= 0.6 is 0 Å². The molecule has 0 aromatic heterocycles. The average Bonchev–Trinajstić information content (AvgIpc) is 2.86. The van der Waals surface area contributed by atoms with Gasteiger partial charge in [0.2, 0.25) is 17.7 Å². The highest BCUT2D eigenvalue weighted by atomic mass is 16.2. The molecular weight excluding hydrogens is 442 g/mol. The quantitative estimate of drug-likeness (QED) is 0.582. The van der Waals surface area contributed by atoms with Gasteiger partial charge in [-0.1, -0.05) is 19.1 Å². The van der Waals surface area contributed by atoms with Crippen molar-refractivity contribution in [1.29, 1.82) is 0 Å². The molecule has 1 aromatic rings. The number of benzene rings is 1. The van der Waals surface area contributed by atoms with Crippen molar-refractivity contribution in [2.75, 3.05) is 64.2 Å². The Labute approximate surface area is 210 Å². The maximum atomic E-state index is 13.2. The number of nitrogens with zero attached hydrogens (tertiary/aromatic N) is 4. The first kappa shape index (κ1) is 27.1. The molecule has 3 amide bonds. The zero-order chi connectivity index (χ0) is 25.4. The predicted molar refractivity (Wildman–Crippen MR) is 139 cm³/mol. The van der Waals surface area contributed by atoms with E-state index in [0.717, 1.165) is 75.3 Å². The Morgan fingerprint density at radius 3 is 2.20 bits per heavy atom. The van der Waals surface area contributed by atoms with E-state index in [2.05, 4.69) is 15.1 Å². The lowest BCUT2D eigenvalue weighted by molar-refractivity contribution is -0.138. The SMILES string of the molecule is CC[C@@H](C)N(CC(=O)Nc1cccc(C)c1C)C(=O)CN1CCN(CC(=O)N2CCCCC2)CC1. The molecule has 1 aromatic carbocycles. The third kappa shape index (κ3) is 7.77. The van der Waals surface area contributed by atoms with Crippen LogP contribution in [-0.4, -0.2) is 102 Å². The van der Waals surface area contributed by atoms with E-state index in [0.29, 0.717) is 13.1 Å². The molecule has 0 spiro atoms. The number of aryl methyl sites for hydroxylation is 1. The van der Waals surface area contributed by atoms with Gasteiger partial charge < -0.3 is 15.1 Å².